The molecular formula is C35H45F2N9O2. The summed E-state index contributed by atoms with van der Waals surface area (Å²) in [5, 5.41) is 7.37. The first-order chi connectivity index (χ1) is 22.7. The summed E-state index contributed by atoms with van der Waals surface area (Å²) in [5.41, 5.74) is 15.8. The zero-order valence-electron chi connectivity index (χ0n) is 28.1. The molecule has 2 aromatic heterocycles. The highest BCUT2D eigenvalue weighted by atomic mass is 19.1. The van der Waals surface area contributed by atoms with E-state index in [1.54, 1.807) is 6.08 Å². The maximum Gasteiger partial charge on any atom is 0.319 e. The first kappa shape index (κ1) is 30.7. The molecule has 0 aromatic carbocycles. The zero-order chi connectivity index (χ0) is 33.5. The van der Waals surface area contributed by atoms with Crippen LogP contribution in [0.2, 0.25) is 0 Å². The molecule has 0 amide bonds. The van der Waals surface area contributed by atoms with E-state index in [0.29, 0.717) is 49.4 Å². The number of hydrogen-bond acceptors (Lipinski definition) is 11. The Morgan fingerprint density at radius 2 is 1.96 bits per heavy atom. The molecular weight excluding hydrogens is 616 g/mol. The highest BCUT2D eigenvalue weighted by Gasteiger charge is 2.53. The van der Waals surface area contributed by atoms with Gasteiger partial charge in [0.25, 0.3) is 0 Å². The summed E-state index contributed by atoms with van der Waals surface area (Å²) in [6, 6.07) is 0.440. The second kappa shape index (κ2) is 10.1. The fourth-order valence-corrected chi connectivity index (χ4v) is 9.72. The van der Waals surface area contributed by atoms with Crippen molar-refractivity contribution in [2.45, 2.75) is 102 Å². The molecule has 6 N–H and O–H groups in total. The number of alkyl halides is 1. The first-order valence-corrected chi connectivity index (χ1v) is 17.3. The Kier molecular flexibility index (Phi) is 6.44. The van der Waals surface area contributed by atoms with E-state index in [2.05, 4.69) is 40.9 Å². The number of pyridine rings is 1. The van der Waals surface area contributed by atoms with Crippen molar-refractivity contribution in [2.24, 2.45) is 22.8 Å². The van der Waals surface area contributed by atoms with Gasteiger partial charge in [0, 0.05) is 38.1 Å². The van der Waals surface area contributed by atoms with Gasteiger partial charge in [0.1, 0.15) is 41.3 Å². The number of piperazine rings is 1. The second-order valence-electron chi connectivity index (χ2n) is 16.2. The van der Waals surface area contributed by atoms with E-state index in [1.165, 1.54) is 0 Å². The van der Waals surface area contributed by atoms with Crippen LogP contribution in [-0.4, -0.2) is 87.8 Å². The van der Waals surface area contributed by atoms with Gasteiger partial charge in [-0.15, -0.1) is 0 Å². The number of halogens is 2. The van der Waals surface area contributed by atoms with Crippen LogP contribution in [0.25, 0.3) is 16.6 Å². The topological polar surface area (TPSA) is 140 Å². The number of ether oxygens (including phenoxy) is 2. The molecule has 5 fully saturated rings. The third kappa shape index (κ3) is 4.60. The summed E-state index contributed by atoms with van der Waals surface area (Å²) < 4.78 is 45.1. The van der Waals surface area contributed by atoms with Crippen LogP contribution < -0.4 is 36.5 Å². The van der Waals surface area contributed by atoms with E-state index < -0.39 is 23.3 Å². The van der Waals surface area contributed by atoms with Gasteiger partial charge in [0.05, 0.1) is 17.3 Å². The number of rotatable bonds is 5. The molecule has 2 bridgehead atoms. The lowest BCUT2D eigenvalue weighted by Gasteiger charge is -2.42. The Morgan fingerprint density at radius 3 is 2.73 bits per heavy atom. The quantitative estimate of drug-likeness (QED) is 0.278. The van der Waals surface area contributed by atoms with Gasteiger partial charge in [-0.05, 0) is 68.1 Å². The minimum Gasteiger partial charge on any atom is -0.472 e. The lowest BCUT2D eigenvalue weighted by atomic mass is 9.90. The monoisotopic (exact) mass is 661 g/mol. The van der Waals surface area contributed by atoms with Gasteiger partial charge in [-0.3, -0.25) is 16.4 Å². The Morgan fingerprint density at radius 1 is 1.17 bits per heavy atom. The van der Waals surface area contributed by atoms with Crippen molar-refractivity contribution in [3.05, 3.63) is 40.9 Å². The van der Waals surface area contributed by atoms with E-state index in [4.69, 9.17) is 35.9 Å². The molecule has 256 valence electrons. The van der Waals surface area contributed by atoms with Gasteiger partial charge in [-0.2, -0.15) is 9.97 Å². The van der Waals surface area contributed by atoms with Gasteiger partial charge in [0.15, 0.2) is 11.6 Å². The van der Waals surface area contributed by atoms with E-state index in [1.807, 2.05) is 13.8 Å². The summed E-state index contributed by atoms with van der Waals surface area (Å²) in [7, 11) is 0. The summed E-state index contributed by atoms with van der Waals surface area (Å²) in [5.74, 6) is -1.04. The average Bonchev–Trinajstić information content (AvgIpc) is 3.20. The van der Waals surface area contributed by atoms with E-state index in [-0.39, 0.29) is 65.3 Å². The number of nitrogens with one attached hydrogen (secondary N) is 2. The molecule has 7 atom stereocenters. The van der Waals surface area contributed by atoms with Crippen LogP contribution in [0, 0.1) is 17.2 Å². The average molecular weight is 662 g/mol. The van der Waals surface area contributed by atoms with Crippen molar-refractivity contribution < 1.29 is 18.3 Å². The predicted octanol–water partition coefficient (Wildman–Crippen LogP) is 3.25. The van der Waals surface area contributed by atoms with Crippen LogP contribution in [-0.2, 0) is 0 Å². The smallest absolute Gasteiger partial charge is 0.319 e. The number of nitrogens with two attached hydrogens (primary N) is 2. The lowest BCUT2D eigenvalue weighted by Crippen LogP contribution is -2.62. The molecule has 6 aliphatic heterocycles. The molecule has 2 aromatic rings. The Labute approximate surface area is 279 Å². The van der Waals surface area contributed by atoms with Crippen LogP contribution in [0.5, 0.6) is 11.9 Å². The van der Waals surface area contributed by atoms with E-state index in [0.717, 1.165) is 36.0 Å². The molecule has 48 heavy (non-hydrogen) atoms. The van der Waals surface area contributed by atoms with E-state index in [9.17, 15) is 4.39 Å². The highest BCUT2D eigenvalue weighted by molar-refractivity contribution is 5.97. The third-order valence-corrected chi connectivity index (χ3v) is 12.0. The van der Waals surface area contributed by atoms with Crippen LogP contribution in [0.3, 0.4) is 0 Å². The number of dihydropyridines is 1. The van der Waals surface area contributed by atoms with Crippen molar-refractivity contribution >= 4 is 22.4 Å². The number of anilines is 1. The van der Waals surface area contributed by atoms with Crippen LogP contribution in [0.15, 0.2) is 29.4 Å². The number of hydrogen-bond donors (Lipinski definition) is 4. The molecule has 8 heterocycles. The van der Waals surface area contributed by atoms with Gasteiger partial charge in [0.2, 0.25) is 5.88 Å². The number of fused-ring (bicyclic) bond motifs is 6. The number of aromatic nitrogens is 3. The molecule has 0 spiro atoms. The standard InChI is InChI=1S/C35H45F2N9O2/c1-16-8-34(10-19(36)13-45(34)12-16)15-47-32-42-26-24-30(43-32)46-14-20-6-7-22(40-20)29(46)18(3)48-31(24)41-28(25(26)37)27-23(21-11-33(21,4)5)17(2)9-35(38,39)44-27/h9,18-22,29,40,44H,1,6-8,10-15,38-39H2,2-5H3/t18-,19+,20+,21?,22-,29+,34?/m0/s1. The van der Waals surface area contributed by atoms with Gasteiger partial charge in [-0.25, -0.2) is 13.8 Å². The summed E-state index contributed by atoms with van der Waals surface area (Å²) in [4.78, 5) is 19.0. The van der Waals surface area contributed by atoms with Crippen molar-refractivity contribution in [3.8, 4) is 11.9 Å². The Balaban J connectivity index is 1.22. The minimum absolute atomic E-state index is 0.0357. The fraction of sp³-hybridized carbons (Fsp3) is 0.629. The lowest BCUT2D eigenvalue weighted by molar-refractivity contribution is 0.107. The zero-order valence-corrected chi connectivity index (χ0v) is 28.1. The molecule has 1 saturated carbocycles. The normalized spacial score (nSPS) is 36.0. The summed E-state index contributed by atoms with van der Waals surface area (Å²) in [6.45, 7) is 14.4. The molecule has 2 unspecified atom stereocenters. The Bertz CT molecular complexity index is 1830. The predicted molar refractivity (Wildman–Crippen MR) is 178 cm³/mol. The third-order valence-electron chi connectivity index (χ3n) is 12.0. The number of allylic oxidation sites excluding steroid dienone is 2. The first-order valence-electron chi connectivity index (χ1n) is 17.3. The maximum absolute atomic E-state index is 17.3. The van der Waals surface area contributed by atoms with E-state index >= 15 is 4.39 Å². The maximum atomic E-state index is 17.3. The molecule has 0 radical (unpaired) electrons. The highest BCUT2D eigenvalue weighted by Crippen LogP contribution is 2.59. The Hall–Kier alpha value is -3.39. The van der Waals surface area contributed by atoms with Crippen LogP contribution in [0.4, 0.5) is 14.6 Å². The number of nitrogens with zero attached hydrogens (tertiary/aromatic N) is 5. The van der Waals surface area contributed by atoms with Crippen LogP contribution in [0.1, 0.15) is 65.5 Å². The molecule has 4 saturated heterocycles. The molecule has 1 aliphatic carbocycles. The van der Waals surface area contributed by atoms with Crippen molar-refractivity contribution in [1.29, 1.82) is 0 Å². The largest absolute Gasteiger partial charge is 0.472 e. The summed E-state index contributed by atoms with van der Waals surface area (Å²) >= 11 is 0. The molecule has 9 rings (SSSR count). The van der Waals surface area contributed by atoms with Crippen molar-refractivity contribution in [1.82, 2.24) is 30.5 Å². The molecule has 11 nitrogen and oxygen atoms in total. The van der Waals surface area contributed by atoms with Crippen LogP contribution >= 0.6 is 0 Å². The SMILES string of the molecule is C=C1CN2C[C@H](F)CC2(COc2nc3c4c(nc(C5=C(C6CC6(C)C)C(C)=CC(N)(N)N5)c(F)c4n2)O[C@@H](C)[C@@H]2[C@@H]4CC[C@H](CN32)N4)C1. The second-order valence-corrected chi connectivity index (χ2v) is 16.2. The van der Waals surface area contributed by atoms with Gasteiger partial charge >= 0.3 is 6.01 Å². The van der Waals surface area contributed by atoms with Crippen molar-refractivity contribution in [2.75, 3.05) is 31.1 Å². The fourth-order valence-electron chi connectivity index (χ4n) is 9.72. The minimum atomic E-state index is -1.41. The molecule has 13 heteroatoms. The van der Waals surface area contributed by atoms with Gasteiger partial charge in [-0.1, -0.05) is 26.0 Å². The van der Waals surface area contributed by atoms with Gasteiger partial charge < -0.3 is 25.0 Å². The molecule has 7 aliphatic rings. The summed E-state index contributed by atoms with van der Waals surface area (Å²) in [6.07, 6.45) is 4.53. The van der Waals surface area contributed by atoms with Crippen molar-refractivity contribution in [3.63, 3.8) is 0 Å².